The molecule has 0 aromatic carbocycles. The molecule has 2 heterocycles. The first-order valence-electron chi connectivity index (χ1n) is 6.78. The molecule has 0 saturated carbocycles. The smallest absolute Gasteiger partial charge is 0.320 e. The van der Waals surface area contributed by atoms with Crippen LogP contribution in [0.4, 0.5) is 4.79 Å². The van der Waals surface area contributed by atoms with Gasteiger partial charge in [-0.2, -0.15) is 0 Å². The molecule has 2 saturated heterocycles. The number of urea groups is 1. The summed E-state index contributed by atoms with van der Waals surface area (Å²) in [6.45, 7) is 8.63. The van der Waals surface area contributed by atoms with Crippen LogP contribution in [-0.2, 0) is 4.79 Å². The topological polar surface area (TPSA) is 52.7 Å². The van der Waals surface area contributed by atoms with Gasteiger partial charge >= 0.3 is 6.03 Å². The van der Waals surface area contributed by atoms with E-state index in [0.29, 0.717) is 19.0 Å². The number of piperidine rings is 1. The summed E-state index contributed by atoms with van der Waals surface area (Å²) in [7, 11) is 0. The zero-order valence-electron chi connectivity index (χ0n) is 11.5. The zero-order chi connectivity index (χ0) is 13.3. The minimum absolute atomic E-state index is 0.0155. The van der Waals surface area contributed by atoms with Gasteiger partial charge in [-0.15, -0.1) is 0 Å². The predicted octanol–water partition coefficient (Wildman–Crippen LogP) is 1.05. The Bertz CT molecular complexity index is 346. The van der Waals surface area contributed by atoms with E-state index < -0.39 is 5.54 Å². The van der Waals surface area contributed by atoms with Crippen molar-refractivity contribution in [1.82, 2.24) is 15.1 Å². The molecule has 2 fully saturated rings. The van der Waals surface area contributed by atoms with Crippen LogP contribution in [0.2, 0.25) is 0 Å². The van der Waals surface area contributed by atoms with Gasteiger partial charge in [-0.25, -0.2) is 4.79 Å². The second-order valence-corrected chi connectivity index (χ2v) is 5.92. The van der Waals surface area contributed by atoms with Gasteiger partial charge in [0.05, 0.1) is 0 Å². The summed E-state index contributed by atoms with van der Waals surface area (Å²) < 4.78 is 0. The number of hydrogen-bond donors (Lipinski definition) is 1. The lowest BCUT2D eigenvalue weighted by atomic mass is 9.97. The van der Waals surface area contributed by atoms with Gasteiger partial charge in [-0.1, -0.05) is 6.92 Å². The van der Waals surface area contributed by atoms with Crippen molar-refractivity contribution >= 4 is 11.9 Å². The lowest BCUT2D eigenvalue weighted by Crippen LogP contribution is -2.65. The first kappa shape index (κ1) is 13.2. The monoisotopic (exact) mass is 253 g/mol. The third-order valence-electron chi connectivity index (χ3n) is 4.14. The molecular formula is C13H23N3O2. The van der Waals surface area contributed by atoms with Crippen molar-refractivity contribution in [2.45, 2.75) is 39.2 Å². The number of carbonyl (C=O) groups excluding carboxylic acids is 2. The normalized spacial score (nSPS) is 24.9. The Labute approximate surface area is 108 Å². The molecule has 2 aliphatic rings. The summed E-state index contributed by atoms with van der Waals surface area (Å²) in [5.41, 5.74) is -0.738. The fourth-order valence-corrected chi connectivity index (χ4v) is 2.60. The largest absolute Gasteiger partial charge is 0.352 e. The zero-order valence-corrected chi connectivity index (χ0v) is 11.5. The summed E-state index contributed by atoms with van der Waals surface area (Å²) in [5.74, 6) is 0.638. The molecule has 0 unspecified atom stereocenters. The Kier molecular flexibility index (Phi) is 3.50. The van der Waals surface area contributed by atoms with Crippen molar-refractivity contribution in [3.8, 4) is 0 Å². The summed E-state index contributed by atoms with van der Waals surface area (Å²) in [4.78, 5) is 27.9. The second-order valence-electron chi connectivity index (χ2n) is 5.92. The van der Waals surface area contributed by atoms with Crippen molar-refractivity contribution in [1.29, 1.82) is 0 Å². The molecule has 2 aliphatic heterocycles. The van der Waals surface area contributed by atoms with Gasteiger partial charge < -0.3 is 15.1 Å². The van der Waals surface area contributed by atoms with E-state index in [9.17, 15) is 9.59 Å². The molecule has 0 aliphatic carbocycles. The van der Waals surface area contributed by atoms with Gasteiger partial charge in [-0.3, -0.25) is 4.79 Å². The molecule has 5 nitrogen and oxygen atoms in total. The van der Waals surface area contributed by atoms with Gasteiger partial charge in [0.25, 0.3) is 0 Å². The molecule has 102 valence electrons. The Morgan fingerprint density at radius 1 is 1.28 bits per heavy atom. The van der Waals surface area contributed by atoms with Crippen LogP contribution in [0.15, 0.2) is 0 Å². The van der Waals surface area contributed by atoms with E-state index in [1.54, 1.807) is 4.90 Å². The van der Waals surface area contributed by atoms with Crippen LogP contribution in [0, 0.1) is 5.92 Å². The molecule has 3 amide bonds. The van der Waals surface area contributed by atoms with Crippen molar-refractivity contribution in [2.75, 3.05) is 26.2 Å². The number of rotatable bonds is 0. The summed E-state index contributed by atoms with van der Waals surface area (Å²) >= 11 is 0. The number of carbonyl (C=O) groups is 2. The van der Waals surface area contributed by atoms with E-state index in [1.165, 1.54) is 0 Å². The van der Waals surface area contributed by atoms with Crippen LogP contribution in [0.1, 0.15) is 33.6 Å². The maximum atomic E-state index is 12.5. The fourth-order valence-electron chi connectivity index (χ4n) is 2.60. The SMILES string of the molecule is CC1CCN(C(=O)N2CCNC(=O)C2(C)C)CC1. The van der Waals surface area contributed by atoms with Crippen molar-refractivity contribution in [3.63, 3.8) is 0 Å². The lowest BCUT2D eigenvalue weighted by molar-refractivity contribution is -0.133. The highest BCUT2D eigenvalue weighted by atomic mass is 16.2. The number of amides is 3. The molecule has 0 bridgehead atoms. The molecule has 1 N–H and O–H groups in total. The van der Waals surface area contributed by atoms with Crippen LogP contribution in [0.25, 0.3) is 0 Å². The highest BCUT2D eigenvalue weighted by Crippen LogP contribution is 2.23. The average molecular weight is 253 g/mol. The molecule has 0 spiro atoms. The van der Waals surface area contributed by atoms with E-state index in [4.69, 9.17) is 0 Å². The molecular weight excluding hydrogens is 230 g/mol. The van der Waals surface area contributed by atoms with E-state index in [1.807, 2.05) is 18.7 Å². The van der Waals surface area contributed by atoms with E-state index in [2.05, 4.69) is 12.2 Å². The first-order chi connectivity index (χ1) is 8.43. The number of likely N-dealkylation sites (tertiary alicyclic amines) is 1. The Morgan fingerprint density at radius 3 is 2.50 bits per heavy atom. The standard InChI is InChI=1S/C13H23N3O2/c1-10-4-7-15(8-5-10)12(18)16-9-6-14-11(17)13(16,2)3/h10H,4-9H2,1-3H3,(H,14,17). The average Bonchev–Trinajstić information content (AvgIpc) is 2.33. The van der Waals surface area contributed by atoms with E-state index in [0.717, 1.165) is 25.9 Å². The molecule has 0 aromatic rings. The van der Waals surface area contributed by atoms with Crippen molar-refractivity contribution in [3.05, 3.63) is 0 Å². The van der Waals surface area contributed by atoms with Crippen molar-refractivity contribution in [2.24, 2.45) is 5.92 Å². The predicted molar refractivity (Wildman–Crippen MR) is 69.2 cm³/mol. The van der Waals surface area contributed by atoms with Gasteiger partial charge in [0.15, 0.2) is 0 Å². The number of nitrogens with one attached hydrogen (secondary N) is 1. The Balaban J connectivity index is 2.06. The van der Waals surface area contributed by atoms with Crippen LogP contribution >= 0.6 is 0 Å². The van der Waals surface area contributed by atoms with Crippen LogP contribution in [0.5, 0.6) is 0 Å². The molecule has 0 atom stereocenters. The lowest BCUT2D eigenvalue weighted by Gasteiger charge is -2.44. The minimum atomic E-state index is -0.738. The van der Waals surface area contributed by atoms with E-state index >= 15 is 0 Å². The second kappa shape index (κ2) is 4.78. The number of hydrogen-bond acceptors (Lipinski definition) is 2. The van der Waals surface area contributed by atoms with Crippen LogP contribution in [0.3, 0.4) is 0 Å². The summed E-state index contributed by atoms with van der Waals surface area (Å²) in [6, 6.07) is 0.0155. The third-order valence-corrected chi connectivity index (χ3v) is 4.14. The van der Waals surface area contributed by atoms with Gasteiger partial charge in [-0.05, 0) is 32.6 Å². The highest BCUT2D eigenvalue weighted by Gasteiger charge is 2.42. The minimum Gasteiger partial charge on any atom is -0.352 e. The molecule has 5 heteroatoms. The summed E-state index contributed by atoms with van der Waals surface area (Å²) in [5, 5.41) is 2.82. The first-order valence-corrected chi connectivity index (χ1v) is 6.78. The molecule has 2 rings (SSSR count). The highest BCUT2D eigenvalue weighted by molar-refractivity contribution is 5.91. The maximum absolute atomic E-state index is 12.5. The fraction of sp³-hybridized carbons (Fsp3) is 0.846. The Hall–Kier alpha value is -1.26. The maximum Gasteiger partial charge on any atom is 0.320 e. The molecule has 18 heavy (non-hydrogen) atoms. The van der Waals surface area contributed by atoms with Crippen LogP contribution in [-0.4, -0.2) is 53.5 Å². The van der Waals surface area contributed by atoms with E-state index in [-0.39, 0.29) is 11.9 Å². The number of nitrogens with zero attached hydrogens (tertiary/aromatic N) is 2. The number of piperazine rings is 1. The molecule has 0 aromatic heterocycles. The van der Waals surface area contributed by atoms with Crippen LogP contribution < -0.4 is 5.32 Å². The Morgan fingerprint density at radius 2 is 1.89 bits per heavy atom. The quantitative estimate of drug-likeness (QED) is 0.701. The molecule has 0 radical (unpaired) electrons. The van der Waals surface area contributed by atoms with Gasteiger partial charge in [0.1, 0.15) is 5.54 Å². The summed E-state index contributed by atoms with van der Waals surface area (Å²) in [6.07, 6.45) is 2.12. The van der Waals surface area contributed by atoms with Gasteiger partial charge in [0.2, 0.25) is 5.91 Å². The third kappa shape index (κ3) is 2.31. The van der Waals surface area contributed by atoms with Crippen molar-refractivity contribution < 1.29 is 9.59 Å². The van der Waals surface area contributed by atoms with Gasteiger partial charge in [0, 0.05) is 26.2 Å².